The van der Waals surface area contributed by atoms with Crippen LogP contribution < -0.4 is 0 Å². The van der Waals surface area contributed by atoms with Gasteiger partial charge in [-0.1, -0.05) is 0 Å². The number of nitrogens with zero attached hydrogens (tertiary/aromatic N) is 4. The lowest BCUT2D eigenvalue weighted by molar-refractivity contribution is 0.0591. The second-order valence-corrected chi connectivity index (χ2v) is 6.25. The Hall–Kier alpha value is -3.55. The maximum Gasteiger partial charge on any atom is 0.358 e. The van der Waals surface area contributed by atoms with E-state index in [0.717, 1.165) is 11.4 Å². The zero-order chi connectivity index (χ0) is 19.0. The van der Waals surface area contributed by atoms with Crippen LogP contribution in [0.15, 0.2) is 48.8 Å². The van der Waals surface area contributed by atoms with Crippen molar-refractivity contribution in [2.24, 2.45) is 0 Å². The van der Waals surface area contributed by atoms with Crippen LogP contribution in [0.3, 0.4) is 0 Å². The first-order valence-electron chi connectivity index (χ1n) is 8.47. The zero-order valence-corrected chi connectivity index (χ0v) is 14.7. The van der Waals surface area contributed by atoms with Crippen molar-refractivity contribution in [2.75, 3.05) is 13.7 Å². The largest absolute Gasteiger partial charge is 0.507 e. The molecule has 0 fully saturated rings. The maximum absolute atomic E-state index is 13.0. The van der Waals surface area contributed by atoms with Gasteiger partial charge in [0.05, 0.1) is 31.5 Å². The van der Waals surface area contributed by atoms with Gasteiger partial charge in [-0.25, -0.2) is 4.79 Å². The Balaban J connectivity index is 1.60. The van der Waals surface area contributed by atoms with E-state index in [9.17, 15) is 14.7 Å². The van der Waals surface area contributed by atoms with Gasteiger partial charge >= 0.3 is 5.97 Å². The van der Waals surface area contributed by atoms with Crippen molar-refractivity contribution >= 4 is 11.9 Å². The van der Waals surface area contributed by atoms with Gasteiger partial charge in [0.25, 0.3) is 5.91 Å². The van der Waals surface area contributed by atoms with E-state index in [1.807, 2.05) is 29.1 Å². The third kappa shape index (κ3) is 3.05. The van der Waals surface area contributed by atoms with Gasteiger partial charge < -0.3 is 19.3 Å². The Morgan fingerprint density at radius 2 is 1.93 bits per heavy atom. The van der Waals surface area contributed by atoms with E-state index in [1.165, 1.54) is 13.2 Å². The molecule has 1 aromatic carbocycles. The fraction of sp³-hybridized carbons (Fsp3) is 0.211. The van der Waals surface area contributed by atoms with Crippen molar-refractivity contribution < 1.29 is 19.4 Å². The van der Waals surface area contributed by atoms with Gasteiger partial charge in [-0.2, -0.15) is 5.10 Å². The molecule has 8 nitrogen and oxygen atoms in total. The van der Waals surface area contributed by atoms with Crippen LogP contribution in [0.5, 0.6) is 5.75 Å². The van der Waals surface area contributed by atoms with Crippen LogP contribution >= 0.6 is 0 Å². The molecular formula is C19H18N4O4. The Morgan fingerprint density at radius 3 is 2.67 bits per heavy atom. The highest BCUT2D eigenvalue weighted by molar-refractivity contribution is 5.97. The number of carbonyl (C=O) groups is 2. The number of amides is 1. The number of hydrogen-bond donors (Lipinski definition) is 1. The first-order valence-corrected chi connectivity index (χ1v) is 8.47. The number of rotatable bonds is 3. The molecule has 1 aliphatic heterocycles. The summed E-state index contributed by atoms with van der Waals surface area (Å²) in [5.74, 6) is -0.842. The van der Waals surface area contributed by atoms with E-state index in [1.54, 1.807) is 27.8 Å². The minimum atomic E-state index is -0.508. The molecule has 0 saturated heterocycles. The van der Waals surface area contributed by atoms with Gasteiger partial charge in [0, 0.05) is 24.6 Å². The number of phenolic OH excluding ortho intramolecular Hbond substituents is 1. The number of fused-ring (bicyclic) bond motifs is 1. The lowest BCUT2D eigenvalue weighted by atomic mass is 10.1. The van der Waals surface area contributed by atoms with Crippen LogP contribution in [-0.4, -0.2) is 49.9 Å². The number of carbonyl (C=O) groups excluding carboxylic acids is 2. The van der Waals surface area contributed by atoms with Gasteiger partial charge in [0.1, 0.15) is 5.75 Å². The Labute approximate surface area is 155 Å². The summed E-state index contributed by atoms with van der Waals surface area (Å²) in [6, 6.07) is 10.3. The molecule has 0 unspecified atom stereocenters. The second-order valence-electron chi connectivity index (χ2n) is 6.25. The molecule has 3 heterocycles. The van der Waals surface area contributed by atoms with Crippen molar-refractivity contribution in [3.63, 3.8) is 0 Å². The van der Waals surface area contributed by atoms with E-state index in [-0.39, 0.29) is 22.9 Å². The van der Waals surface area contributed by atoms with E-state index in [2.05, 4.69) is 5.10 Å². The number of hydrogen-bond acceptors (Lipinski definition) is 5. The number of methoxy groups -OCH3 is 1. The molecule has 138 valence electrons. The normalized spacial score (nSPS) is 13.3. The zero-order valence-electron chi connectivity index (χ0n) is 14.7. The van der Waals surface area contributed by atoms with Gasteiger partial charge in [0.2, 0.25) is 0 Å². The third-order valence-electron chi connectivity index (χ3n) is 4.59. The van der Waals surface area contributed by atoms with E-state index in [4.69, 9.17) is 4.74 Å². The summed E-state index contributed by atoms with van der Waals surface area (Å²) in [6.45, 7) is 1.20. The highest BCUT2D eigenvalue weighted by Gasteiger charge is 2.26. The van der Waals surface area contributed by atoms with Crippen LogP contribution in [0.4, 0.5) is 0 Å². The monoisotopic (exact) mass is 366 g/mol. The highest BCUT2D eigenvalue weighted by atomic mass is 16.5. The van der Waals surface area contributed by atoms with Gasteiger partial charge in [-0.15, -0.1) is 0 Å². The number of aromatic nitrogens is 3. The molecule has 1 N–H and O–H groups in total. The molecule has 0 spiro atoms. The summed E-state index contributed by atoms with van der Waals surface area (Å²) in [7, 11) is 1.30. The summed E-state index contributed by atoms with van der Waals surface area (Å²) >= 11 is 0. The fourth-order valence-electron chi connectivity index (χ4n) is 3.18. The van der Waals surface area contributed by atoms with Gasteiger partial charge in [-0.05, 0) is 36.4 Å². The second kappa shape index (κ2) is 6.64. The Bertz CT molecular complexity index is 1010. The van der Waals surface area contributed by atoms with Crippen LogP contribution in [0.1, 0.15) is 26.5 Å². The number of esters is 1. The molecule has 0 bridgehead atoms. The molecule has 0 radical (unpaired) electrons. The highest BCUT2D eigenvalue weighted by Crippen LogP contribution is 2.25. The van der Waals surface area contributed by atoms with Gasteiger partial charge in [-0.3, -0.25) is 9.48 Å². The summed E-state index contributed by atoms with van der Waals surface area (Å²) < 4.78 is 8.26. The SMILES string of the molecule is COC(=O)c1cc2n(n1)CCN(C(=O)c1cc(-n3cccc3)ccc1O)C2. The first-order chi connectivity index (χ1) is 13.1. The smallest absolute Gasteiger partial charge is 0.358 e. The molecule has 2 aromatic heterocycles. The molecule has 27 heavy (non-hydrogen) atoms. The van der Waals surface area contributed by atoms with Crippen molar-refractivity contribution in [1.29, 1.82) is 0 Å². The van der Waals surface area contributed by atoms with Crippen molar-refractivity contribution in [3.8, 4) is 11.4 Å². The standard InChI is InChI=1S/C19H18N4O4/c1-27-19(26)16-11-14-12-22(8-9-23(14)20-16)18(25)15-10-13(4-5-17(15)24)21-6-2-3-7-21/h2-7,10-11,24H,8-9,12H2,1H3. The van der Waals surface area contributed by atoms with E-state index < -0.39 is 5.97 Å². The maximum atomic E-state index is 13.0. The topological polar surface area (TPSA) is 89.6 Å². The number of benzene rings is 1. The van der Waals surface area contributed by atoms with Crippen molar-refractivity contribution in [1.82, 2.24) is 19.2 Å². The predicted octanol–water partition coefficient (Wildman–Crippen LogP) is 1.82. The molecule has 4 rings (SSSR count). The van der Waals surface area contributed by atoms with Crippen molar-refractivity contribution in [3.05, 3.63) is 65.7 Å². The number of phenols is 1. The number of aromatic hydroxyl groups is 1. The quantitative estimate of drug-likeness (QED) is 0.714. The molecule has 0 saturated carbocycles. The molecule has 1 amide bonds. The summed E-state index contributed by atoms with van der Waals surface area (Å²) in [5.41, 5.74) is 1.99. The summed E-state index contributed by atoms with van der Waals surface area (Å²) in [6.07, 6.45) is 3.74. The lowest BCUT2D eigenvalue weighted by Crippen LogP contribution is -2.38. The fourth-order valence-corrected chi connectivity index (χ4v) is 3.18. The molecular weight excluding hydrogens is 348 g/mol. The Morgan fingerprint density at radius 1 is 1.15 bits per heavy atom. The summed E-state index contributed by atoms with van der Waals surface area (Å²) in [4.78, 5) is 26.3. The average molecular weight is 366 g/mol. The lowest BCUT2D eigenvalue weighted by Gasteiger charge is -2.28. The van der Waals surface area contributed by atoms with Crippen LogP contribution in [0.25, 0.3) is 5.69 Å². The molecule has 1 aliphatic rings. The summed E-state index contributed by atoms with van der Waals surface area (Å²) in [5, 5.41) is 14.4. The molecule has 0 aliphatic carbocycles. The third-order valence-corrected chi connectivity index (χ3v) is 4.59. The predicted molar refractivity (Wildman–Crippen MR) is 95.7 cm³/mol. The van der Waals surface area contributed by atoms with E-state index >= 15 is 0 Å². The first kappa shape index (κ1) is 16.9. The van der Waals surface area contributed by atoms with Gasteiger partial charge in [0.15, 0.2) is 5.69 Å². The molecule has 3 aromatic rings. The van der Waals surface area contributed by atoms with Crippen LogP contribution in [0, 0.1) is 0 Å². The Kier molecular flexibility index (Phi) is 4.15. The van der Waals surface area contributed by atoms with Crippen LogP contribution in [0.2, 0.25) is 0 Å². The van der Waals surface area contributed by atoms with Crippen LogP contribution in [-0.2, 0) is 17.8 Å². The number of ether oxygens (including phenoxy) is 1. The van der Waals surface area contributed by atoms with E-state index in [0.29, 0.717) is 19.6 Å². The average Bonchev–Trinajstić information content (AvgIpc) is 3.36. The molecule has 0 atom stereocenters. The molecule has 8 heteroatoms. The van der Waals surface area contributed by atoms with Crippen molar-refractivity contribution in [2.45, 2.75) is 13.1 Å². The minimum absolute atomic E-state index is 0.0646. The minimum Gasteiger partial charge on any atom is -0.507 e.